The molecular formula is C25H28N2O3S. The van der Waals surface area contributed by atoms with E-state index in [0.29, 0.717) is 11.3 Å². The molecule has 1 atom stereocenters. The smallest absolute Gasteiger partial charge is 0.264 e. The van der Waals surface area contributed by atoms with E-state index in [1.165, 1.54) is 4.31 Å². The van der Waals surface area contributed by atoms with Crippen LogP contribution in [-0.2, 0) is 10.0 Å². The minimum absolute atomic E-state index is 0.0843. The Kier molecular flexibility index (Phi) is 7.13. The molecule has 1 amide bonds. The Balaban J connectivity index is 1.80. The Hall–Kier alpha value is -3.12. The highest BCUT2D eigenvalue weighted by Crippen LogP contribution is 2.25. The third kappa shape index (κ3) is 4.97. The maximum Gasteiger partial charge on any atom is 0.264 e. The summed E-state index contributed by atoms with van der Waals surface area (Å²) in [6, 6.07) is 23.0. The maximum absolute atomic E-state index is 13.0. The Morgan fingerprint density at radius 2 is 1.52 bits per heavy atom. The second-order valence-corrected chi connectivity index (χ2v) is 9.18. The summed E-state index contributed by atoms with van der Waals surface area (Å²) in [4.78, 5) is 13.1. The molecule has 3 aromatic carbocycles. The van der Waals surface area contributed by atoms with Crippen LogP contribution in [0.1, 0.15) is 47.8 Å². The summed E-state index contributed by atoms with van der Waals surface area (Å²) in [7, 11) is -3.67. The number of benzene rings is 3. The number of sulfonamides is 1. The minimum atomic E-state index is -3.67. The van der Waals surface area contributed by atoms with E-state index in [4.69, 9.17) is 0 Å². The van der Waals surface area contributed by atoms with Crippen LogP contribution in [0.4, 0.5) is 5.69 Å². The van der Waals surface area contributed by atoms with Gasteiger partial charge in [-0.1, -0.05) is 49.4 Å². The van der Waals surface area contributed by atoms with Gasteiger partial charge in [0.1, 0.15) is 0 Å². The SMILES string of the molecule is CC[C@@H](NC(=O)c1ccc(N(CC)S(=O)(=O)c2ccccc2)cc1)c1ccccc1C. The second-order valence-electron chi connectivity index (χ2n) is 7.32. The molecule has 6 heteroatoms. The van der Waals surface area contributed by atoms with Crippen molar-refractivity contribution in [2.24, 2.45) is 0 Å². The van der Waals surface area contributed by atoms with Gasteiger partial charge in [-0.15, -0.1) is 0 Å². The van der Waals surface area contributed by atoms with Crippen LogP contribution in [0, 0.1) is 6.92 Å². The quantitative estimate of drug-likeness (QED) is 0.535. The van der Waals surface area contributed by atoms with Gasteiger partial charge < -0.3 is 5.32 Å². The third-order valence-corrected chi connectivity index (χ3v) is 7.23. The van der Waals surface area contributed by atoms with Crippen LogP contribution in [0.5, 0.6) is 0 Å². The van der Waals surface area contributed by atoms with Crippen molar-refractivity contribution in [1.29, 1.82) is 0 Å². The predicted octanol–water partition coefficient (Wildman–Crippen LogP) is 5.09. The van der Waals surface area contributed by atoms with Gasteiger partial charge in [-0.25, -0.2) is 8.42 Å². The zero-order chi connectivity index (χ0) is 22.4. The minimum Gasteiger partial charge on any atom is -0.345 e. The van der Waals surface area contributed by atoms with Crippen LogP contribution in [0.15, 0.2) is 83.8 Å². The van der Waals surface area contributed by atoms with Crippen LogP contribution in [0.25, 0.3) is 0 Å². The molecule has 0 spiro atoms. The number of carbonyl (C=O) groups is 1. The fourth-order valence-corrected chi connectivity index (χ4v) is 5.10. The van der Waals surface area contributed by atoms with Crippen LogP contribution in [0.3, 0.4) is 0 Å². The fraction of sp³-hybridized carbons (Fsp3) is 0.240. The molecule has 31 heavy (non-hydrogen) atoms. The van der Waals surface area contributed by atoms with Crippen molar-refractivity contribution in [3.8, 4) is 0 Å². The first-order valence-electron chi connectivity index (χ1n) is 10.4. The molecule has 3 aromatic rings. The molecule has 0 aliphatic carbocycles. The van der Waals surface area contributed by atoms with Crippen LogP contribution >= 0.6 is 0 Å². The summed E-state index contributed by atoms with van der Waals surface area (Å²) in [5.41, 5.74) is 3.24. The van der Waals surface area contributed by atoms with Crippen LogP contribution in [0.2, 0.25) is 0 Å². The highest BCUT2D eigenvalue weighted by molar-refractivity contribution is 7.92. The third-order valence-electron chi connectivity index (χ3n) is 5.31. The normalized spacial score (nSPS) is 12.2. The Labute approximate surface area is 184 Å². The van der Waals surface area contributed by atoms with E-state index >= 15 is 0 Å². The van der Waals surface area contributed by atoms with E-state index in [9.17, 15) is 13.2 Å². The summed E-state index contributed by atoms with van der Waals surface area (Å²) in [5, 5.41) is 3.09. The Morgan fingerprint density at radius 3 is 2.10 bits per heavy atom. The van der Waals surface area contributed by atoms with Gasteiger partial charge in [0.05, 0.1) is 16.6 Å². The molecule has 1 N–H and O–H groups in total. The molecule has 0 fully saturated rings. The topological polar surface area (TPSA) is 66.5 Å². The number of anilines is 1. The van der Waals surface area contributed by atoms with Gasteiger partial charge in [-0.05, 0) is 67.8 Å². The van der Waals surface area contributed by atoms with Gasteiger partial charge >= 0.3 is 0 Å². The maximum atomic E-state index is 13.0. The number of aryl methyl sites for hydroxylation is 1. The van der Waals surface area contributed by atoms with Crippen molar-refractivity contribution in [2.75, 3.05) is 10.8 Å². The lowest BCUT2D eigenvalue weighted by atomic mass is 9.99. The fourth-order valence-electron chi connectivity index (χ4n) is 3.61. The largest absolute Gasteiger partial charge is 0.345 e. The molecule has 0 saturated carbocycles. The van der Waals surface area contributed by atoms with Crippen molar-refractivity contribution in [1.82, 2.24) is 5.32 Å². The number of hydrogen-bond acceptors (Lipinski definition) is 3. The summed E-state index contributed by atoms with van der Waals surface area (Å²) in [6.07, 6.45) is 0.771. The highest BCUT2D eigenvalue weighted by Gasteiger charge is 2.23. The van der Waals surface area contributed by atoms with Gasteiger partial charge in [0, 0.05) is 12.1 Å². The molecule has 0 radical (unpaired) electrons. The number of nitrogens with zero attached hydrogens (tertiary/aromatic N) is 1. The standard InChI is InChI=1S/C25H28N2O3S/c1-4-24(23-14-10-9-11-19(23)3)26-25(28)20-15-17-21(18-16-20)27(5-2)31(29,30)22-12-7-6-8-13-22/h6-18,24H,4-5H2,1-3H3,(H,26,28)/t24-/m1/s1. The van der Waals surface area contributed by atoms with Gasteiger partial charge in [0.2, 0.25) is 0 Å². The number of nitrogens with one attached hydrogen (secondary N) is 1. The first-order valence-corrected chi connectivity index (χ1v) is 11.9. The molecule has 0 aliphatic rings. The monoisotopic (exact) mass is 436 g/mol. The zero-order valence-corrected chi connectivity index (χ0v) is 18.9. The average molecular weight is 437 g/mol. The lowest BCUT2D eigenvalue weighted by Gasteiger charge is -2.23. The van der Waals surface area contributed by atoms with E-state index in [1.54, 1.807) is 61.5 Å². The van der Waals surface area contributed by atoms with Gasteiger partial charge in [0.25, 0.3) is 15.9 Å². The van der Waals surface area contributed by atoms with Crippen LogP contribution in [-0.4, -0.2) is 20.9 Å². The van der Waals surface area contributed by atoms with Crippen LogP contribution < -0.4 is 9.62 Å². The summed E-state index contributed by atoms with van der Waals surface area (Å²) < 4.78 is 27.3. The Morgan fingerprint density at radius 1 is 0.903 bits per heavy atom. The number of amides is 1. The molecule has 0 bridgehead atoms. The van der Waals surface area contributed by atoms with E-state index < -0.39 is 10.0 Å². The summed E-state index contributed by atoms with van der Waals surface area (Å²) in [6.45, 7) is 6.14. The van der Waals surface area contributed by atoms with Crippen molar-refractivity contribution < 1.29 is 13.2 Å². The lowest BCUT2D eigenvalue weighted by Crippen LogP contribution is -2.31. The summed E-state index contributed by atoms with van der Waals surface area (Å²) >= 11 is 0. The predicted molar refractivity (Wildman–Crippen MR) is 125 cm³/mol. The highest BCUT2D eigenvalue weighted by atomic mass is 32.2. The number of carbonyl (C=O) groups excluding carboxylic acids is 1. The van der Waals surface area contributed by atoms with E-state index in [-0.39, 0.29) is 23.4 Å². The van der Waals surface area contributed by atoms with Crippen molar-refractivity contribution >= 4 is 21.6 Å². The lowest BCUT2D eigenvalue weighted by molar-refractivity contribution is 0.0935. The first kappa shape index (κ1) is 22.6. The molecule has 162 valence electrons. The Bertz CT molecular complexity index is 1130. The molecule has 5 nitrogen and oxygen atoms in total. The average Bonchev–Trinajstić information content (AvgIpc) is 2.79. The number of rotatable bonds is 8. The summed E-state index contributed by atoms with van der Waals surface area (Å²) in [5.74, 6) is -0.185. The van der Waals surface area contributed by atoms with Gasteiger partial charge in [0.15, 0.2) is 0 Å². The number of hydrogen-bond donors (Lipinski definition) is 1. The first-order chi connectivity index (χ1) is 14.9. The molecule has 0 aliphatic heterocycles. The second kappa shape index (κ2) is 9.79. The van der Waals surface area contributed by atoms with Gasteiger partial charge in [-0.3, -0.25) is 9.10 Å². The van der Waals surface area contributed by atoms with Crippen molar-refractivity contribution in [3.63, 3.8) is 0 Å². The molecular weight excluding hydrogens is 408 g/mol. The van der Waals surface area contributed by atoms with Gasteiger partial charge in [-0.2, -0.15) is 0 Å². The van der Waals surface area contributed by atoms with E-state index in [1.807, 2.05) is 38.1 Å². The zero-order valence-electron chi connectivity index (χ0n) is 18.1. The molecule has 0 saturated heterocycles. The van der Waals surface area contributed by atoms with E-state index in [0.717, 1.165) is 17.5 Å². The molecule has 3 rings (SSSR count). The van der Waals surface area contributed by atoms with E-state index in [2.05, 4.69) is 5.32 Å². The molecule has 0 aromatic heterocycles. The molecule has 0 unspecified atom stereocenters. The molecule has 0 heterocycles. The van der Waals surface area contributed by atoms with Crippen molar-refractivity contribution in [3.05, 3.63) is 95.6 Å². The van der Waals surface area contributed by atoms with Crippen molar-refractivity contribution in [2.45, 2.75) is 38.1 Å².